The summed E-state index contributed by atoms with van der Waals surface area (Å²) in [6.45, 7) is 27.6. The Hall–Kier alpha value is -2.32. The summed E-state index contributed by atoms with van der Waals surface area (Å²) in [6.07, 6.45) is 1.27. The van der Waals surface area contributed by atoms with Gasteiger partial charge in [-0.25, -0.2) is 4.68 Å². The van der Waals surface area contributed by atoms with Gasteiger partial charge in [-0.3, -0.25) is 9.89 Å². The van der Waals surface area contributed by atoms with Crippen molar-refractivity contribution in [2.24, 2.45) is 10.9 Å². The molecule has 2 heterocycles. The fraction of sp³-hybridized carbons (Fsp3) is 0.600. The molecule has 3 aromatic rings. The molecule has 1 aromatic heterocycles. The zero-order valence-corrected chi connectivity index (χ0v) is 34.8. The van der Waals surface area contributed by atoms with Crippen molar-refractivity contribution in [3.05, 3.63) is 70.4 Å². The van der Waals surface area contributed by atoms with Gasteiger partial charge < -0.3 is 20.4 Å². The van der Waals surface area contributed by atoms with E-state index >= 15 is 0 Å². The van der Waals surface area contributed by atoms with E-state index in [1.54, 1.807) is 27.7 Å². The van der Waals surface area contributed by atoms with E-state index in [4.69, 9.17) is 4.99 Å². The second-order valence-corrected chi connectivity index (χ2v) is 15.8. The SMILES string of the molecule is CC(C)[O-].CC(C)[O-].Cc1nn(-c2ccccc2)c([O-])c1C(=NC[C@@H]1CCCN1Cc1cc(C(C)(C)C)cc(C(C)(C)C)c1[O-])C(C)C.[Zr+4]. The number of benzene rings is 2. The number of nitrogens with zero attached hydrogens (tertiary/aromatic N) is 4. The average molecular weight is 752 g/mol. The van der Waals surface area contributed by atoms with Crippen molar-refractivity contribution in [1.82, 2.24) is 14.7 Å². The van der Waals surface area contributed by atoms with Gasteiger partial charge >= 0.3 is 26.2 Å². The van der Waals surface area contributed by atoms with Gasteiger partial charge in [-0.1, -0.05) is 113 Å². The summed E-state index contributed by atoms with van der Waals surface area (Å²) in [6, 6.07) is 14.0. The maximum atomic E-state index is 13.6. The minimum atomic E-state index is -0.417. The van der Waals surface area contributed by atoms with E-state index in [0.29, 0.717) is 24.3 Å². The van der Waals surface area contributed by atoms with E-state index < -0.39 is 12.2 Å². The van der Waals surface area contributed by atoms with Crippen LogP contribution in [0.4, 0.5) is 0 Å². The van der Waals surface area contributed by atoms with Crippen LogP contribution in [0.3, 0.4) is 0 Å². The molecule has 1 fully saturated rings. The van der Waals surface area contributed by atoms with Crippen LogP contribution in [0.2, 0.25) is 0 Å². The topological polar surface area (TPSA) is 126 Å². The van der Waals surface area contributed by atoms with E-state index in [-0.39, 0.29) is 60.6 Å². The van der Waals surface area contributed by atoms with Gasteiger partial charge in [0.2, 0.25) is 0 Å². The van der Waals surface area contributed by atoms with Crippen LogP contribution in [-0.4, -0.2) is 51.7 Å². The van der Waals surface area contributed by atoms with Gasteiger partial charge in [0.15, 0.2) is 0 Å². The largest absolute Gasteiger partial charge is 4.00 e. The van der Waals surface area contributed by atoms with E-state index in [0.717, 1.165) is 41.9 Å². The minimum absolute atomic E-state index is 0. The second-order valence-electron chi connectivity index (χ2n) is 15.8. The van der Waals surface area contributed by atoms with Gasteiger partial charge in [0.25, 0.3) is 0 Å². The van der Waals surface area contributed by atoms with Gasteiger partial charge in [-0.2, -0.15) is 5.10 Å². The number of rotatable bonds is 7. The summed E-state index contributed by atoms with van der Waals surface area (Å²) >= 11 is 0. The van der Waals surface area contributed by atoms with E-state index in [9.17, 15) is 20.4 Å². The number of likely N-dealkylation sites (tertiary alicyclic amines) is 1. The minimum Gasteiger partial charge on any atom is -0.872 e. The van der Waals surface area contributed by atoms with Gasteiger partial charge in [-0.15, -0.1) is 18.0 Å². The molecule has 0 spiro atoms. The molecule has 1 aliphatic heterocycles. The van der Waals surface area contributed by atoms with Crippen molar-refractivity contribution in [2.75, 3.05) is 13.1 Å². The molecule has 268 valence electrons. The number of hydrogen-bond donors (Lipinski definition) is 0. The predicted octanol–water partition coefficient (Wildman–Crippen LogP) is 5.54. The molecular weight excluding hydrogens is 692 g/mol. The number of hydrogen-bond acceptors (Lipinski definition) is 7. The molecule has 0 saturated carbocycles. The van der Waals surface area contributed by atoms with Crippen molar-refractivity contribution >= 4 is 5.71 Å². The second kappa shape index (κ2) is 19.3. The third-order valence-corrected chi connectivity index (χ3v) is 8.01. The molecule has 0 unspecified atom stereocenters. The van der Waals surface area contributed by atoms with Crippen molar-refractivity contribution < 1.29 is 46.6 Å². The predicted molar refractivity (Wildman–Crippen MR) is 191 cm³/mol. The first-order valence-corrected chi connectivity index (χ1v) is 17.4. The monoisotopic (exact) mass is 750 g/mol. The molecule has 9 heteroatoms. The Bertz CT molecular complexity index is 1460. The standard InChI is InChI=1S/C34H48N4O2.2C3H7O.Zr/c1-22(2)30(29-23(3)36-38(32(29)40)26-14-11-10-12-15-26)35-20-27-16-13-17-37(27)21-24-18-25(33(4,5)6)19-28(31(24)39)34(7,8)9;2*1-3(2)4;/h10-12,14-15,18-19,22,27,39-40H,13,16-17,20-21H2,1-9H3;2*3H,1-2H3;/q;2*-1;+4/p-2/t27-;;;/m0.../s1. The summed E-state index contributed by atoms with van der Waals surface area (Å²) in [5, 5.41) is 50.7. The van der Waals surface area contributed by atoms with Crippen LogP contribution in [0.15, 0.2) is 47.5 Å². The Morgan fingerprint density at radius 2 is 1.45 bits per heavy atom. The molecule has 0 radical (unpaired) electrons. The molecule has 1 saturated heterocycles. The number of para-hydroxylation sites is 1. The Labute approximate surface area is 315 Å². The summed E-state index contributed by atoms with van der Waals surface area (Å²) in [7, 11) is 0. The Morgan fingerprint density at radius 1 is 0.898 bits per heavy atom. The molecule has 0 amide bonds. The molecule has 4 rings (SSSR count). The van der Waals surface area contributed by atoms with Crippen LogP contribution in [0.1, 0.15) is 124 Å². The van der Waals surface area contributed by atoms with Crippen molar-refractivity contribution in [2.45, 2.75) is 138 Å². The summed E-state index contributed by atoms with van der Waals surface area (Å²) in [4.78, 5) is 7.49. The quantitative estimate of drug-likeness (QED) is 0.292. The smallest absolute Gasteiger partial charge is 0.872 e. The van der Waals surface area contributed by atoms with E-state index in [2.05, 4.69) is 77.5 Å². The zero-order chi connectivity index (χ0) is 36.6. The molecule has 8 nitrogen and oxygen atoms in total. The number of aryl methyl sites for hydroxylation is 1. The Balaban J connectivity index is 0.00000120. The Morgan fingerprint density at radius 3 is 1.94 bits per heavy atom. The molecular formula is C40H60N4O4Zr. The van der Waals surface area contributed by atoms with Gasteiger partial charge in [0.1, 0.15) is 0 Å². The van der Waals surface area contributed by atoms with Crippen LogP contribution < -0.4 is 20.4 Å². The molecule has 2 aromatic carbocycles. The normalized spacial score (nSPS) is 15.6. The first-order chi connectivity index (χ1) is 22.1. The average Bonchev–Trinajstić information content (AvgIpc) is 3.51. The molecule has 1 aliphatic rings. The summed E-state index contributed by atoms with van der Waals surface area (Å²) in [5.41, 5.74) is 5.59. The van der Waals surface area contributed by atoms with Crippen molar-refractivity contribution in [1.29, 1.82) is 0 Å². The molecule has 0 bridgehead atoms. The summed E-state index contributed by atoms with van der Waals surface area (Å²) in [5.74, 6) is 0.127. The number of aliphatic imine (C=N–C) groups is 1. The fourth-order valence-electron chi connectivity index (χ4n) is 5.62. The molecule has 0 aliphatic carbocycles. The van der Waals surface area contributed by atoms with Crippen LogP contribution >= 0.6 is 0 Å². The van der Waals surface area contributed by atoms with Gasteiger partial charge in [-0.05, 0) is 71.9 Å². The van der Waals surface area contributed by atoms with E-state index in [1.165, 1.54) is 10.2 Å². The third-order valence-electron chi connectivity index (χ3n) is 8.01. The van der Waals surface area contributed by atoms with Crippen molar-refractivity contribution in [3.63, 3.8) is 0 Å². The first-order valence-electron chi connectivity index (χ1n) is 17.4. The van der Waals surface area contributed by atoms with Gasteiger partial charge in [0.05, 0.1) is 17.9 Å². The maximum absolute atomic E-state index is 13.6. The molecule has 0 N–H and O–H groups in total. The fourth-order valence-corrected chi connectivity index (χ4v) is 5.62. The van der Waals surface area contributed by atoms with Gasteiger partial charge in [0, 0.05) is 29.7 Å². The summed E-state index contributed by atoms with van der Waals surface area (Å²) < 4.78 is 1.48. The van der Waals surface area contributed by atoms with Crippen LogP contribution in [0.25, 0.3) is 5.69 Å². The first kappa shape index (κ1) is 44.7. The van der Waals surface area contributed by atoms with Crippen LogP contribution in [0.5, 0.6) is 11.6 Å². The Kier molecular flexibility index (Phi) is 17.6. The molecule has 1 atom stereocenters. The third kappa shape index (κ3) is 13.4. The van der Waals surface area contributed by atoms with Crippen LogP contribution in [0, 0.1) is 12.8 Å². The van der Waals surface area contributed by atoms with E-state index in [1.807, 2.05) is 37.3 Å². The van der Waals surface area contributed by atoms with Crippen LogP contribution in [-0.2, 0) is 43.6 Å². The maximum Gasteiger partial charge on any atom is 4.00 e. The number of aromatic nitrogens is 2. The molecule has 49 heavy (non-hydrogen) atoms. The zero-order valence-electron chi connectivity index (χ0n) is 32.3. The van der Waals surface area contributed by atoms with Crippen molar-refractivity contribution in [3.8, 4) is 17.3 Å².